The third-order valence-electron chi connectivity index (χ3n) is 4.23. The van der Waals surface area contributed by atoms with Gasteiger partial charge in [0.05, 0.1) is 22.4 Å². The SMILES string of the molecule is CC(C)(C)c1cc(NC(=O)COc2ccc([N+](=O)[O-])cc2F)n(-c2ccccc2)n1. The second-order valence-corrected chi connectivity index (χ2v) is 7.62. The van der Waals surface area contributed by atoms with Gasteiger partial charge in [0, 0.05) is 17.5 Å². The molecule has 0 saturated carbocycles. The standard InChI is InChI=1S/C21H21FN4O4/c1-21(2,3)18-12-19(25(24-18)14-7-5-4-6-8-14)23-20(27)13-30-17-10-9-15(26(28)29)11-16(17)22/h4-12H,13H2,1-3H3,(H,23,27). The highest BCUT2D eigenvalue weighted by Gasteiger charge is 2.22. The summed E-state index contributed by atoms with van der Waals surface area (Å²) >= 11 is 0. The number of ether oxygens (including phenoxy) is 1. The number of amides is 1. The zero-order chi connectivity index (χ0) is 21.9. The lowest BCUT2D eigenvalue weighted by Crippen LogP contribution is -2.22. The number of hydrogen-bond donors (Lipinski definition) is 1. The fourth-order valence-electron chi connectivity index (χ4n) is 2.65. The molecule has 8 nitrogen and oxygen atoms in total. The molecule has 3 aromatic rings. The fourth-order valence-corrected chi connectivity index (χ4v) is 2.65. The van der Waals surface area contributed by atoms with Crippen LogP contribution < -0.4 is 10.1 Å². The van der Waals surface area contributed by atoms with Crippen LogP contribution in [-0.4, -0.2) is 27.2 Å². The molecule has 0 bridgehead atoms. The van der Waals surface area contributed by atoms with Crippen molar-refractivity contribution in [2.24, 2.45) is 0 Å². The number of nitrogens with zero attached hydrogens (tertiary/aromatic N) is 3. The van der Waals surface area contributed by atoms with Gasteiger partial charge in [0.2, 0.25) is 0 Å². The number of non-ortho nitro benzene ring substituents is 1. The number of halogens is 1. The number of anilines is 1. The quantitative estimate of drug-likeness (QED) is 0.482. The third kappa shape index (κ3) is 4.80. The van der Waals surface area contributed by atoms with Crippen molar-refractivity contribution >= 4 is 17.4 Å². The van der Waals surface area contributed by atoms with E-state index in [0.29, 0.717) is 5.82 Å². The zero-order valence-corrected chi connectivity index (χ0v) is 16.8. The Kier molecular flexibility index (Phi) is 5.81. The van der Waals surface area contributed by atoms with Crippen LogP contribution in [-0.2, 0) is 10.2 Å². The molecule has 0 radical (unpaired) electrons. The first-order valence-corrected chi connectivity index (χ1v) is 9.18. The molecule has 0 aliphatic heterocycles. The molecular formula is C21H21FN4O4. The fraction of sp³-hybridized carbons (Fsp3) is 0.238. The molecule has 0 aliphatic carbocycles. The molecule has 1 heterocycles. The van der Waals surface area contributed by atoms with Gasteiger partial charge in [0.1, 0.15) is 5.82 Å². The van der Waals surface area contributed by atoms with Gasteiger partial charge in [-0.15, -0.1) is 0 Å². The molecule has 0 fully saturated rings. The van der Waals surface area contributed by atoms with Crippen LogP contribution in [0.4, 0.5) is 15.9 Å². The van der Waals surface area contributed by atoms with E-state index < -0.39 is 28.9 Å². The molecule has 30 heavy (non-hydrogen) atoms. The minimum absolute atomic E-state index is 0.238. The maximum absolute atomic E-state index is 13.9. The molecule has 0 unspecified atom stereocenters. The lowest BCUT2D eigenvalue weighted by atomic mass is 9.92. The normalized spacial score (nSPS) is 11.2. The monoisotopic (exact) mass is 412 g/mol. The van der Waals surface area contributed by atoms with Gasteiger partial charge in [0.15, 0.2) is 18.2 Å². The van der Waals surface area contributed by atoms with Crippen LogP contribution in [0.15, 0.2) is 54.6 Å². The van der Waals surface area contributed by atoms with E-state index >= 15 is 0 Å². The Morgan fingerprint density at radius 2 is 1.90 bits per heavy atom. The Morgan fingerprint density at radius 3 is 2.50 bits per heavy atom. The summed E-state index contributed by atoms with van der Waals surface area (Å²) in [5.74, 6) is -1.24. The van der Waals surface area contributed by atoms with E-state index in [1.807, 2.05) is 51.1 Å². The molecule has 2 aromatic carbocycles. The van der Waals surface area contributed by atoms with Gasteiger partial charge in [-0.3, -0.25) is 14.9 Å². The van der Waals surface area contributed by atoms with E-state index in [2.05, 4.69) is 10.4 Å². The van der Waals surface area contributed by atoms with Crippen molar-refractivity contribution in [3.63, 3.8) is 0 Å². The van der Waals surface area contributed by atoms with Gasteiger partial charge < -0.3 is 10.1 Å². The van der Waals surface area contributed by atoms with Gasteiger partial charge in [-0.05, 0) is 18.2 Å². The number of para-hydroxylation sites is 1. The number of nitrogens with one attached hydrogen (secondary N) is 1. The van der Waals surface area contributed by atoms with Gasteiger partial charge in [0.25, 0.3) is 11.6 Å². The average Bonchev–Trinajstić information content (AvgIpc) is 3.11. The molecule has 156 valence electrons. The lowest BCUT2D eigenvalue weighted by molar-refractivity contribution is -0.385. The van der Waals surface area contributed by atoms with Crippen LogP contribution >= 0.6 is 0 Å². The number of nitro benzene ring substituents is 1. The van der Waals surface area contributed by atoms with E-state index in [-0.39, 0.29) is 11.2 Å². The van der Waals surface area contributed by atoms with Crippen molar-refractivity contribution < 1.29 is 18.8 Å². The molecule has 1 amide bonds. The summed E-state index contributed by atoms with van der Waals surface area (Å²) in [6.45, 7) is 5.56. The molecule has 0 saturated heterocycles. The van der Waals surface area contributed by atoms with E-state index in [1.165, 1.54) is 0 Å². The number of nitro groups is 1. The first kappa shape index (κ1) is 21.0. The molecule has 9 heteroatoms. The summed E-state index contributed by atoms with van der Waals surface area (Å²) in [5.41, 5.74) is 0.915. The van der Waals surface area contributed by atoms with E-state index in [1.54, 1.807) is 10.7 Å². The van der Waals surface area contributed by atoms with Crippen LogP contribution in [0.5, 0.6) is 5.75 Å². The van der Waals surface area contributed by atoms with Gasteiger partial charge in [-0.1, -0.05) is 39.0 Å². The van der Waals surface area contributed by atoms with Crippen LogP contribution in [0.3, 0.4) is 0 Å². The predicted molar refractivity (Wildman–Crippen MR) is 109 cm³/mol. The minimum Gasteiger partial charge on any atom is -0.481 e. The summed E-state index contributed by atoms with van der Waals surface area (Å²) in [5, 5.41) is 18.0. The van der Waals surface area contributed by atoms with E-state index in [9.17, 15) is 19.3 Å². The van der Waals surface area contributed by atoms with Crippen LogP contribution in [0.2, 0.25) is 0 Å². The summed E-state index contributed by atoms with van der Waals surface area (Å²) < 4.78 is 20.7. The highest BCUT2D eigenvalue weighted by molar-refractivity contribution is 5.91. The first-order chi connectivity index (χ1) is 14.1. The molecule has 0 atom stereocenters. The van der Waals surface area contributed by atoms with Crippen molar-refractivity contribution in [2.45, 2.75) is 26.2 Å². The Morgan fingerprint density at radius 1 is 1.20 bits per heavy atom. The maximum Gasteiger partial charge on any atom is 0.272 e. The molecule has 3 rings (SSSR count). The van der Waals surface area contributed by atoms with E-state index in [0.717, 1.165) is 29.6 Å². The first-order valence-electron chi connectivity index (χ1n) is 9.18. The summed E-state index contributed by atoms with van der Waals surface area (Å²) in [6.07, 6.45) is 0. The highest BCUT2D eigenvalue weighted by Crippen LogP contribution is 2.26. The topological polar surface area (TPSA) is 99.3 Å². The molecule has 1 N–H and O–H groups in total. The number of hydrogen-bond acceptors (Lipinski definition) is 5. The smallest absolute Gasteiger partial charge is 0.272 e. The summed E-state index contributed by atoms with van der Waals surface area (Å²) in [7, 11) is 0. The second-order valence-electron chi connectivity index (χ2n) is 7.62. The number of carbonyl (C=O) groups excluding carboxylic acids is 1. The Labute approximate surface area is 172 Å². The Balaban J connectivity index is 1.76. The van der Waals surface area contributed by atoms with Crippen LogP contribution in [0.25, 0.3) is 5.69 Å². The number of aromatic nitrogens is 2. The van der Waals surface area contributed by atoms with Crippen LogP contribution in [0, 0.1) is 15.9 Å². The van der Waals surface area contributed by atoms with Gasteiger partial charge in [-0.2, -0.15) is 5.10 Å². The summed E-state index contributed by atoms with van der Waals surface area (Å²) in [4.78, 5) is 22.4. The van der Waals surface area contributed by atoms with Crippen molar-refractivity contribution in [3.8, 4) is 11.4 Å². The second kappa shape index (κ2) is 8.32. The molecule has 0 aliphatic rings. The van der Waals surface area contributed by atoms with Gasteiger partial charge in [-0.25, -0.2) is 9.07 Å². The Bertz CT molecular complexity index is 1070. The largest absolute Gasteiger partial charge is 0.481 e. The van der Waals surface area contributed by atoms with Gasteiger partial charge >= 0.3 is 0 Å². The van der Waals surface area contributed by atoms with Crippen molar-refractivity contribution in [1.29, 1.82) is 0 Å². The third-order valence-corrected chi connectivity index (χ3v) is 4.23. The van der Waals surface area contributed by atoms with Crippen LogP contribution in [0.1, 0.15) is 26.5 Å². The maximum atomic E-state index is 13.9. The Hall–Kier alpha value is -3.75. The number of carbonyl (C=O) groups is 1. The van der Waals surface area contributed by atoms with Crippen molar-refractivity contribution in [1.82, 2.24) is 9.78 Å². The number of benzene rings is 2. The average molecular weight is 412 g/mol. The van der Waals surface area contributed by atoms with E-state index in [4.69, 9.17) is 4.74 Å². The molecular weight excluding hydrogens is 391 g/mol. The molecule has 0 spiro atoms. The number of rotatable bonds is 6. The minimum atomic E-state index is -0.915. The zero-order valence-electron chi connectivity index (χ0n) is 16.8. The highest BCUT2D eigenvalue weighted by atomic mass is 19.1. The lowest BCUT2D eigenvalue weighted by Gasteiger charge is -2.14. The predicted octanol–water partition coefficient (Wildman–Crippen LogP) is 4.23. The van der Waals surface area contributed by atoms with Crippen molar-refractivity contribution in [3.05, 3.63) is 76.2 Å². The summed E-state index contributed by atoms with van der Waals surface area (Å²) in [6, 6.07) is 14.1. The van der Waals surface area contributed by atoms with Crippen molar-refractivity contribution in [2.75, 3.05) is 11.9 Å². The molecule has 1 aromatic heterocycles.